The van der Waals surface area contributed by atoms with Crippen LogP contribution in [0.2, 0.25) is 0 Å². The maximum absolute atomic E-state index is 13.0. The molecule has 1 aliphatic heterocycles. The molecule has 2 aromatic rings. The van der Waals surface area contributed by atoms with E-state index in [1.807, 2.05) is 32.3 Å². The molecule has 0 bridgehead atoms. The van der Waals surface area contributed by atoms with Crippen molar-refractivity contribution in [2.45, 2.75) is 32.0 Å². The average Bonchev–Trinajstić information content (AvgIpc) is 3.11. The van der Waals surface area contributed by atoms with Gasteiger partial charge < -0.3 is 10.6 Å². The van der Waals surface area contributed by atoms with E-state index >= 15 is 0 Å². The van der Waals surface area contributed by atoms with Gasteiger partial charge in [0.25, 0.3) is 0 Å². The highest BCUT2D eigenvalue weighted by Gasteiger charge is 2.20. The highest BCUT2D eigenvalue weighted by Crippen LogP contribution is 2.22. The van der Waals surface area contributed by atoms with Crippen LogP contribution in [-0.4, -0.2) is 35.5 Å². The molecule has 1 aromatic heterocycles. The van der Waals surface area contributed by atoms with Crippen LogP contribution in [-0.2, 0) is 13.1 Å². The number of nitrogens with zero attached hydrogens (tertiary/aromatic N) is 3. The summed E-state index contributed by atoms with van der Waals surface area (Å²) in [5.74, 6) is 1.51. The van der Waals surface area contributed by atoms with Crippen LogP contribution in [0, 0.1) is 5.82 Å². The summed E-state index contributed by atoms with van der Waals surface area (Å²) in [4.78, 5) is 11.5. The molecule has 0 spiro atoms. The first-order chi connectivity index (χ1) is 11.6. The number of benzene rings is 1. The van der Waals surface area contributed by atoms with Crippen LogP contribution in [0.5, 0.6) is 0 Å². The Morgan fingerprint density at radius 1 is 1.25 bits per heavy atom. The van der Waals surface area contributed by atoms with Crippen LogP contribution in [0.3, 0.4) is 0 Å². The van der Waals surface area contributed by atoms with E-state index in [2.05, 4.69) is 20.5 Å². The number of hydrogen-bond donors (Lipinski definition) is 2. The third-order valence-corrected chi connectivity index (χ3v) is 4.22. The Morgan fingerprint density at radius 3 is 2.71 bits per heavy atom. The Labute approximate surface area is 142 Å². The lowest BCUT2D eigenvalue weighted by atomic mass is 10.2. The summed E-state index contributed by atoms with van der Waals surface area (Å²) in [5, 5.41) is 6.57. The van der Waals surface area contributed by atoms with Gasteiger partial charge in [0.05, 0.1) is 11.7 Å². The van der Waals surface area contributed by atoms with Gasteiger partial charge in [-0.15, -0.1) is 0 Å². The number of halogens is 1. The number of anilines is 1. The summed E-state index contributed by atoms with van der Waals surface area (Å²) in [6.07, 6.45) is 2.25. The van der Waals surface area contributed by atoms with Crippen molar-refractivity contribution in [1.29, 1.82) is 0 Å². The zero-order valence-electron chi connectivity index (χ0n) is 14.2. The van der Waals surface area contributed by atoms with Gasteiger partial charge >= 0.3 is 0 Å². The van der Waals surface area contributed by atoms with Crippen LogP contribution in [0.25, 0.3) is 0 Å². The van der Waals surface area contributed by atoms with Crippen molar-refractivity contribution in [3.05, 3.63) is 53.2 Å². The van der Waals surface area contributed by atoms with Crippen LogP contribution in [0.4, 0.5) is 10.2 Å². The van der Waals surface area contributed by atoms with Gasteiger partial charge in [-0.3, -0.25) is 4.90 Å². The maximum atomic E-state index is 13.0. The van der Waals surface area contributed by atoms with E-state index < -0.39 is 0 Å². The Bertz CT molecular complexity index is 668. The molecule has 2 heterocycles. The second kappa shape index (κ2) is 7.68. The number of rotatable bonds is 6. The predicted octanol–water partition coefficient (Wildman–Crippen LogP) is 2.71. The van der Waals surface area contributed by atoms with Crippen molar-refractivity contribution in [2.24, 2.45) is 0 Å². The van der Waals surface area contributed by atoms with Crippen molar-refractivity contribution >= 4 is 5.82 Å². The molecule has 0 saturated carbocycles. The largest absolute Gasteiger partial charge is 0.373 e. The molecular formula is C18H24FN5. The lowest BCUT2D eigenvalue weighted by Gasteiger charge is -2.18. The van der Waals surface area contributed by atoms with Gasteiger partial charge in [-0.1, -0.05) is 12.1 Å². The van der Waals surface area contributed by atoms with Gasteiger partial charge in [-0.2, -0.15) is 0 Å². The Hall–Kier alpha value is -2.05. The van der Waals surface area contributed by atoms with Crippen molar-refractivity contribution in [2.75, 3.05) is 26.0 Å². The SMILES string of the molecule is CNc1cc(CN(C)Cc2ccc(F)cc2)nc([C@H]2CCCN2)n1. The maximum Gasteiger partial charge on any atom is 0.147 e. The van der Waals surface area contributed by atoms with E-state index in [4.69, 9.17) is 4.98 Å². The standard InChI is InChI=1S/C18H24FN5/c1-20-17-10-15(22-18(23-17)16-4-3-9-21-16)12-24(2)11-13-5-7-14(19)8-6-13/h5-8,10,16,21H,3-4,9,11-12H2,1-2H3,(H,20,22,23)/t16-/m1/s1. The zero-order chi connectivity index (χ0) is 16.9. The fraction of sp³-hybridized carbons (Fsp3) is 0.444. The lowest BCUT2D eigenvalue weighted by Crippen LogP contribution is -2.21. The molecule has 24 heavy (non-hydrogen) atoms. The van der Waals surface area contributed by atoms with E-state index in [0.717, 1.165) is 48.8 Å². The van der Waals surface area contributed by atoms with Gasteiger partial charge in [0.2, 0.25) is 0 Å². The summed E-state index contributed by atoms with van der Waals surface area (Å²) >= 11 is 0. The Morgan fingerprint density at radius 2 is 2.04 bits per heavy atom. The number of aromatic nitrogens is 2. The van der Waals surface area contributed by atoms with Gasteiger partial charge in [-0.25, -0.2) is 14.4 Å². The minimum Gasteiger partial charge on any atom is -0.373 e. The molecule has 0 unspecified atom stereocenters. The van der Waals surface area contributed by atoms with E-state index in [9.17, 15) is 4.39 Å². The first-order valence-corrected chi connectivity index (χ1v) is 8.36. The molecule has 2 N–H and O–H groups in total. The molecule has 3 rings (SSSR count). The second-order valence-corrected chi connectivity index (χ2v) is 6.30. The first-order valence-electron chi connectivity index (χ1n) is 8.36. The van der Waals surface area contributed by atoms with Crippen molar-refractivity contribution in [3.8, 4) is 0 Å². The molecule has 1 atom stereocenters. The quantitative estimate of drug-likeness (QED) is 0.853. The van der Waals surface area contributed by atoms with Gasteiger partial charge in [0.1, 0.15) is 17.5 Å². The van der Waals surface area contributed by atoms with E-state index in [1.54, 1.807) is 0 Å². The fourth-order valence-corrected chi connectivity index (χ4v) is 3.02. The molecule has 1 aliphatic rings. The second-order valence-electron chi connectivity index (χ2n) is 6.30. The number of hydrogen-bond acceptors (Lipinski definition) is 5. The van der Waals surface area contributed by atoms with Crippen LogP contribution in [0.1, 0.15) is 36.0 Å². The van der Waals surface area contributed by atoms with Gasteiger partial charge in [0.15, 0.2) is 0 Å². The molecule has 1 fully saturated rings. The van der Waals surface area contributed by atoms with E-state index in [0.29, 0.717) is 6.54 Å². The highest BCUT2D eigenvalue weighted by atomic mass is 19.1. The zero-order valence-corrected chi connectivity index (χ0v) is 14.2. The van der Waals surface area contributed by atoms with Gasteiger partial charge in [0, 0.05) is 26.2 Å². The minimum atomic E-state index is -0.204. The summed E-state index contributed by atoms with van der Waals surface area (Å²) < 4.78 is 13.0. The summed E-state index contributed by atoms with van der Waals surface area (Å²) in [7, 11) is 3.91. The normalized spacial score (nSPS) is 17.4. The summed E-state index contributed by atoms with van der Waals surface area (Å²) in [6.45, 7) is 2.49. The molecule has 6 heteroatoms. The molecule has 1 aromatic carbocycles. The molecule has 0 aliphatic carbocycles. The topological polar surface area (TPSA) is 53.1 Å². The Kier molecular flexibility index (Phi) is 5.37. The molecule has 0 radical (unpaired) electrons. The van der Waals surface area contributed by atoms with Gasteiger partial charge in [-0.05, 0) is 44.1 Å². The molecule has 5 nitrogen and oxygen atoms in total. The average molecular weight is 329 g/mol. The van der Waals surface area contributed by atoms with Crippen LogP contribution < -0.4 is 10.6 Å². The third-order valence-electron chi connectivity index (χ3n) is 4.22. The molecular weight excluding hydrogens is 305 g/mol. The minimum absolute atomic E-state index is 0.204. The smallest absolute Gasteiger partial charge is 0.147 e. The van der Waals surface area contributed by atoms with Crippen molar-refractivity contribution < 1.29 is 4.39 Å². The summed E-state index contributed by atoms with van der Waals surface area (Å²) in [6, 6.07) is 8.87. The highest BCUT2D eigenvalue weighted by molar-refractivity contribution is 5.35. The predicted molar refractivity (Wildman–Crippen MR) is 93.1 cm³/mol. The molecule has 128 valence electrons. The third kappa shape index (κ3) is 4.27. The van der Waals surface area contributed by atoms with Crippen molar-refractivity contribution in [1.82, 2.24) is 20.2 Å². The first kappa shape index (κ1) is 16.8. The Balaban J connectivity index is 1.70. The van der Waals surface area contributed by atoms with Crippen molar-refractivity contribution in [3.63, 3.8) is 0 Å². The summed E-state index contributed by atoms with van der Waals surface area (Å²) in [5.41, 5.74) is 2.07. The lowest BCUT2D eigenvalue weighted by molar-refractivity contribution is 0.314. The molecule has 1 saturated heterocycles. The van der Waals surface area contributed by atoms with E-state index in [1.165, 1.54) is 12.1 Å². The number of nitrogens with one attached hydrogen (secondary N) is 2. The monoisotopic (exact) mass is 329 g/mol. The van der Waals surface area contributed by atoms with Crippen LogP contribution >= 0.6 is 0 Å². The fourth-order valence-electron chi connectivity index (χ4n) is 3.02. The van der Waals surface area contributed by atoms with E-state index in [-0.39, 0.29) is 11.9 Å². The van der Waals surface area contributed by atoms with Crippen LogP contribution in [0.15, 0.2) is 30.3 Å². The molecule has 0 amide bonds.